The van der Waals surface area contributed by atoms with Crippen LogP contribution in [0.1, 0.15) is 23.2 Å². The molecule has 2 aliphatic heterocycles. The second-order valence-electron chi connectivity index (χ2n) is 5.67. The number of hydrogen-bond donors (Lipinski definition) is 1. The molecule has 2 amide bonds. The van der Waals surface area contributed by atoms with Gasteiger partial charge < -0.3 is 14.9 Å². The molecule has 8 heteroatoms. The van der Waals surface area contributed by atoms with Gasteiger partial charge in [-0.1, -0.05) is 0 Å². The molecule has 0 aliphatic carbocycles. The van der Waals surface area contributed by atoms with E-state index in [4.69, 9.17) is 0 Å². The van der Waals surface area contributed by atoms with E-state index in [9.17, 15) is 23.1 Å². The molecular formula is C14H16F3N3O2. The molecule has 0 spiro atoms. The number of likely N-dealkylation sites (tertiary alicyclic amines) is 1. The van der Waals surface area contributed by atoms with Crippen molar-refractivity contribution in [3.05, 3.63) is 29.1 Å². The molecule has 1 fully saturated rings. The van der Waals surface area contributed by atoms with E-state index in [0.717, 1.165) is 12.3 Å². The predicted molar refractivity (Wildman–Crippen MR) is 70.9 cm³/mol. The maximum Gasteiger partial charge on any atom is 0.417 e. The van der Waals surface area contributed by atoms with Crippen molar-refractivity contribution in [1.29, 1.82) is 0 Å². The third kappa shape index (κ3) is 2.87. The van der Waals surface area contributed by atoms with E-state index in [0.29, 0.717) is 37.2 Å². The van der Waals surface area contributed by atoms with Crippen LogP contribution in [0.15, 0.2) is 12.3 Å². The summed E-state index contributed by atoms with van der Waals surface area (Å²) in [6, 6.07) is 0.834. The molecule has 120 valence electrons. The van der Waals surface area contributed by atoms with Crippen LogP contribution in [0, 0.1) is 0 Å². The number of alkyl halides is 3. The predicted octanol–water partition coefficient (Wildman–Crippen LogP) is 1.65. The number of hydrogen-bond acceptors (Lipinski definition) is 3. The van der Waals surface area contributed by atoms with Crippen molar-refractivity contribution in [3.63, 3.8) is 0 Å². The van der Waals surface area contributed by atoms with Crippen molar-refractivity contribution >= 4 is 6.03 Å². The molecule has 3 heterocycles. The molecular weight excluding hydrogens is 299 g/mol. The van der Waals surface area contributed by atoms with Crippen LogP contribution in [0.3, 0.4) is 0 Å². The molecule has 0 saturated carbocycles. The molecule has 5 nitrogen and oxygen atoms in total. The van der Waals surface area contributed by atoms with E-state index in [1.165, 1.54) is 9.80 Å². The van der Waals surface area contributed by atoms with Crippen LogP contribution in [0.4, 0.5) is 18.0 Å². The van der Waals surface area contributed by atoms with Crippen LogP contribution >= 0.6 is 0 Å². The summed E-state index contributed by atoms with van der Waals surface area (Å²) in [6.07, 6.45) is -3.13. The average molecular weight is 315 g/mol. The van der Waals surface area contributed by atoms with Crippen molar-refractivity contribution in [2.75, 3.05) is 19.6 Å². The molecule has 0 bridgehead atoms. The van der Waals surface area contributed by atoms with Crippen LogP contribution in [-0.4, -0.2) is 51.7 Å². The number of nitrogens with zero attached hydrogens (tertiary/aromatic N) is 3. The summed E-state index contributed by atoms with van der Waals surface area (Å²) in [7, 11) is 0. The van der Waals surface area contributed by atoms with Crippen molar-refractivity contribution < 1.29 is 23.1 Å². The Balaban J connectivity index is 1.76. The number of carbonyl (C=O) groups is 1. The Morgan fingerprint density at radius 2 is 2.09 bits per heavy atom. The van der Waals surface area contributed by atoms with Gasteiger partial charge in [-0.2, -0.15) is 13.2 Å². The highest BCUT2D eigenvalue weighted by molar-refractivity contribution is 5.75. The lowest BCUT2D eigenvalue weighted by Gasteiger charge is -2.32. The Morgan fingerprint density at radius 1 is 1.32 bits per heavy atom. The lowest BCUT2D eigenvalue weighted by atomic mass is 10.0. The van der Waals surface area contributed by atoms with E-state index in [1.54, 1.807) is 0 Å². The third-order valence-corrected chi connectivity index (χ3v) is 4.07. The number of aliphatic hydroxyl groups excluding tert-OH is 1. The summed E-state index contributed by atoms with van der Waals surface area (Å²) in [5, 5.41) is 9.48. The highest BCUT2D eigenvalue weighted by Gasteiger charge is 2.34. The fourth-order valence-corrected chi connectivity index (χ4v) is 2.86. The van der Waals surface area contributed by atoms with Crippen molar-refractivity contribution in [3.8, 4) is 0 Å². The first kappa shape index (κ1) is 15.1. The molecule has 0 radical (unpaired) electrons. The highest BCUT2D eigenvalue weighted by Crippen LogP contribution is 2.31. The number of aromatic nitrogens is 1. The van der Waals surface area contributed by atoms with Crippen LogP contribution in [-0.2, 0) is 19.1 Å². The topological polar surface area (TPSA) is 56.7 Å². The zero-order valence-electron chi connectivity index (χ0n) is 11.8. The maximum atomic E-state index is 12.7. The quantitative estimate of drug-likeness (QED) is 0.792. The lowest BCUT2D eigenvalue weighted by Crippen LogP contribution is -2.44. The number of aliphatic hydroxyl groups is 1. The molecule has 1 N–H and O–H groups in total. The number of urea groups is 1. The number of halogens is 3. The number of β-amino-alcohol motifs (C(OH)–C–C–N with tert-alkyl or cyclic N) is 1. The first-order chi connectivity index (χ1) is 10.3. The lowest BCUT2D eigenvalue weighted by molar-refractivity contribution is -0.137. The first-order valence-electron chi connectivity index (χ1n) is 7.11. The third-order valence-electron chi connectivity index (χ3n) is 4.07. The monoisotopic (exact) mass is 315 g/mol. The van der Waals surface area contributed by atoms with Crippen LogP contribution in [0.2, 0.25) is 0 Å². The average Bonchev–Trinajstić information content (AvgIpc) is 2.91. The minimum atomic E-state index is -4.44. The van der Waals surface area contributed by atoms with E-state index in [1.807, 2.05) is 0 Å². The fraction of sp³-hybridized carbons (Fsp3) is 0.571. The molecule has 2 aliphatic rings. The SMILES string of the molecule is O=C(N1CCc2ncc(C(F)(F)F)cc2C1)N1CCC(O)C1. The molecule has 3 rings (SSSR count). The van der Waals surface area contributed by atoms with Crippen LogP contribution < -0.4 is 0 Å². The molecule has 1 aromatic heterocycles. The minimum Gasteiger partial charge on any atom is -0.391 e. The van der Waals surface area contributed by atoms with Gasteiger partial charge in [-0.05, 0) is 18.1 Å². The van der Waals surface area contributed by atoms with Gasteiger partial charge >= 0.3 is 12.2 Å². The molecule has 0 aromatic carbocycles. The van der Waals surface area contributed by atoms with E-state index >= 15 is 0 Å². The Morgan fingerprint density at radius 3 is 2.73 bits per heavy atom. The smallest absolute Gasteiger partial charge is 0.391 e. The van der Waals surface area contributed by atoms with Gasteiger partial charge in [0.25, 0.3) is 0 Å². The zero-order valence-corrected chi connectivity index (χ0v) is 11.8. The van der Waals surface area contributed by atoms with Crippen molar-refractivity contribution in [1.82, 2.24) is 14.8 Å². The highest BCUT2D eigenvalue weighted by atomic mass is 19.4. The summed E-state index contributed by atoms with van der Waals surface area (Å²) in [5.74, 6) is 0. The van der Waals surface area contributed by atoms with Gasteiger partial charge in [0.15, 0.2) is 0 Å². The molecule has 1 unspecified atom stereocenters. The number of pyridine rings is 1. The molecule has 22 heavy (non-hydrogen) atoms. The summed E-state index contributed by atoms with van der Waals surface area (Å²) in [6.45, 7) is 1.31. The van der Waals surface area contributed by atoms with Gasteiger partial charge in [-0.15, -0.1) is 0 Å². The number of fused-ring (bicyclic) bond motifs is 1. The summed E-state index contributed by atoms with van der Waals surface area (Å²) >= 11 is 0. The van der Waals surface area contributed by atoms with Gasteiger partial charge in [0.1, 0.15) is 0 Å². The van der Waals surface area contributed by atoms with Gasteiger partial charge in [-0.25, -0.2) is 4.79 Å². The summed E-state index contributed by atoms with van der Waals surface area (Å²) in [5.41, 5.74) is 0.254. The van der Waals surface area contributed by atoms with Gasteiger partial charge in [-0.3, -0.25) is 4.98 Å². The van der Waals surface area contributed by atoms with Gasteiger partial charge in [0.2, 0.25) is 0 Å². The summed E-state index contributed by atoms with van der Waals surface area (Å²) < 4.78 is 38.2. The minimum absolute atomic E-state index is 0.123. The van der Waals surface area contributed by atoms with E-state index < -0.39 is 17.8 Å². The standard InChI is InChI=1S/C14H16F3N3O2/c15-14(16,17)10-5-9-7-19(4-2-12(9)18-6-10)13(22)20-3-1-11(21)8-20/h5-6,11,21H,1-4,7-8H2. The second-order valence-corrected chi connectivity index (χ2v) is 5.67. The Kier molecular flexibility index (Phi) is 3.72. The second kappa shape index (κ2) is 5.42. The van der Waals surface area contributed by atoms with Crippen LogP contribution in [0.5, 0.6) is 0 Å². The molecule has 1 atom stereocenters. The maximum absolute atomic E-state index is 12.7. The first-order valence-corrected chi connectivity index (χ1v) is 7.11. The number of rotatable bonds is 0. The van der Waals surface area contributed by atoms with E-state index in [-0.39, 0.29) is 19.1 Å². The molecule has 1 aromatic rings. The fourth-order valence-electron chi connectivity index (χ4n) is 2.86. The Hall–Kier alpha value is -1.83. The normalized spacial score (nSPS) is 21.9. The van der Waals surface area contributed by atoms with Gasteiger partial charge in [0.05, 0.1) is 11.7 Å². The van der Waals surface area contributed by atoms with Crippen LogP contribution in [0.25, 0.3) is 0 Å². The zero-order chi connectivity index (χ0) is 15.9. The largest absolute Gasteiger partial charge is 0.417 e. The van der Waals surface area contributed by atoms with E-state index in [2.05, 4.69) is 4.98 Å². The number of carbonyl (C=O) groups excluding carboxylic acids is 1. The van der Waals surface area contributed by atoms with Gasteiger partial charge in [0, 0.05) is 44.5 Å². The number of amides is 2. The van der Waals surface area contributed by atoms with Crippen molar-refractivity contribution in [2.45, 2.75) is 31.7 Å². The Bertz CT molecular complexity index is 591. The summed E-state index contributed by atoms with van der Waals surface area (Å²) in [4.78, 5) is 19.3. The Labute approximate surface area is 125 Å². The molecule has 1 saturated heterocycles. The van der Waals surface area contributed by atoms with Crippen molar-refractivity contribution in [2.24, 2.45) is 0 Å².